The first-order valence-electron chi connectivity index (χ1n) is 4.36. The van der Waals surface area contributed by atoms with E-state index >= 15 is 0 Å². The number of rotatable bonds is 3. The van der Waals surface area contributed by atoms with Crippen LogP contribution in [0.15, 0.2) is 0 Å². The highest BCUT2D eigenvalue weighted by Gasteiger charge is 2.17. The van der Waals surface area contributed by atoms with Crippen LogP contribution < -0.4 is 0 Å². The maximum Gasteiger partial charge on any atom is 0.234 e. The molecule has 0 aliphatic heterocycles. The Labute approximate surface area is 88.1 Å². The summed E-state index contributed by atoms with van der Waals surface area (Å²) in [4.78, 5) is 32.1. The predicted molar refractivity (Wildman–Crippen MR) is 55.0 cm³/mol. The third-order valence-electron chi connectivity index (χ3n) is 2.62. The molecule has 0 aliphatic rings. The van der Waals surface area contributed by atoms with E-state index in [9.17, 15) is 14.4 Å². The second-order valence-electron chi connectivity index (χ2n) is 3.31. The molecular formula is C12H9O3. The van der Waals surface area contributed by atoms with Gasteiger partial charge in [0.2, 0.25) is 18.9 Å². The first kappa shape index (κ1) is 11.3. The van der Waals surface area contributed by atoms with Crippen LogP contribution in [0.2, 0.25) is 0 Å². The van der Waals surface area contributed by atoms with E-state index in [1.807, 2.05) is 0 Å². The van der Waals surface area contributed by atoms with Gasteiger partial charge in [0.15, 0.2) is 0 Å². The van der Waals surface area contributed by atoms with Crippen molar-refractivity contribution in [3.63, 3.8) is 0 Å². The summed E-state index contributed by atoms with van der Waals surface area (Å²) in [5, 5.41) is 0. The summed E-state index contributed by atoms with van der Waals surface area (Å²) >= 11 is 0. The van der Waals surface area contributed by atoms with Gasteiger partial charge in [-0.25, -0.2) is 0 Å². The summed E-state index contributed by atoms with van der Waals surface area (Å²) < 4.78 is 0. The van der Waals surface area contributed by atoms with Crippen molar-refractivity contribution in [2.24, 2.45) is 0 Å². The first-order valence-corrected chi connectivity index (χ1v) is 4.36. The van der Waals surface area contributed by atoms with Gasteiger partial charge >= 0.3 is 0 Å². The summed E-state index contributed by atoms with van der Waals surface area (Å²) in [7, 11) is 0. The topological polar surface area (TPSA) is 51.2 Å². The standard InChI is InChI=1S/C12H9O3/c1-7-8(2)11(5-14)12(6-15)9(3)10(7)4-13/h1-3H3. The van der Waals surface area contributed by atoms with Crippen molar-refractivity contribution in [1.82, 2.24) is 0 Å². The molecule has 3 heteroatoms. The minimum absolute atomic E-state index is 0.103. The van der Waals surface area contributed by atoms with E-state index in [1.54, 1.807) is 39.6 Å². The van der Waals surface area contributed by atoms with Crippen molar-refractivity contribution in [3.8, 4) is 0 Å². The maximum absolute atomic E-state index is 10.7. The van der Waals surface area contributed by atoms with Crippen LogP contribution >= 0.6 is 0 Å². The van der Waals surface area contributed by atoms with Crippen LogP contribution in [-0.2, 0) is 14.4 Å². The highest BCUT2D eigenvalue weighted by molar-refractivity contribution is 5.97. The minimum Gasteiger partial charge on any atom is -0.285 e. The zero-order valence-electron chi connectivity index (χ0n) is 8.72. The minimum atomic E-state index is 0.103. The summed E-state index contributed by atoms with van der Waals surface area (Å²) in [6.07, 6.45) is 5.14. The largest absolute Gasteiger partial charge is 0.285 e. The molecule has 3 nitrogen and oxygen atoms in total. The zero-order chi connectivity index (χ0) is 11.6. The molecule has 0 atom stereocenters. The van der Waals surface area contributed by atoms with Crippen molar-refractivity contribution in [3.05, 3.63) is 33.4 Å². The summed E-state index contributed by atoms with van der Waals surface area (Å²) in [5.74, 6) is 0. The second kappa shape index (κ2) is 4.17. The van der Waals surface area contributed by atoms with E-state index in [2.05, 4.69) is 0 Å². The molecule has 1 rings (SSSR count). The van der Waals surface area contributed by atoms with E-state index in [0.717, 1.165) is 0 Å². The molecule has 15 heavy (non-hydrogen) atoms. The summed E-state index contributed by atoms with van der Waals surface area (Å²) in [5.41, 5.74) is 2.27. The van der Waals surface area contributed by atoms with E-state index in [1.165, 1.54) is 0 Å². The normalized spacial score (nSPS) is 9.80. The van der Waals surface area contributed by atoms with Gasteiger partial charge in [-0.05, 0) is 37.5 Å². The van der Waals surface area contributed by atoms with E-state index in [-0.39, 0.29) is 11.1 Å². The highest BCUT2D eigenvalue weighted by Crippen LogP contribution is 2.23. The van der Waals surface area contributed by atoms with E-state index in [4.69, 9.17) is 0 Å². The van der Waals surface area contributed by atoms with Crippen LogP contribution in [0.25, 0.3) is 0 Å². The molecule has 0 amide bonds. The lowest BCUT2D eigenvalue weighted by Crippen LogP contribution is -2.06. The van der Waals surface area contributed by atoms with Crippen molar-refractivity contribution >= 4 is 18.9 Å². The molecule has 1 aromatic carbocycles. The van der Waals surface area contributed by atoms with Crippen molar-refractivity contribution in [2.75, 3.05) is 0 Å². The Bertz CT molecular complexity index is 445. The number of carbonyl (C=O) groups excluding carboxylic acids is 3. The molecule has 75 valence electrons. The van der Waals surface area contributed by atoms with Crippen molar-refractivity contribution in [2.45, 2.75) is 20.8 Å². The summed E-state index contributed by atoms with van der Waals surface area (Å²) in [6.45, 7) is 4.96. The van der Waals surface area contributed by atoms with Crippen LogP contribution in [0.1, 0.15) is 33.4 Å². The molecule has 0 fully saturated rings. The molecule has 0 saturated heterocycles. The van der Waals surface area contributed by atoms with Gasteiger partial charge in [-0.15, -0.1) is 0 Å². The molecule has 0 unspecified atom stereocenters. The zero-order valence-corrected chi connectivity index (χ0v) is 8.72. The van der Waals surface area contributed by atoms with Gasteiger partial charge in [0.1, 0.15) is 0 Å². The predicted octanol–water partition coefficient (Wildman–Crippen LogP) is 0.985. The van der Waals surface area contributed by atoms with Gasteiger partial charge < -0.3 is 0 Å². The smallest absolute Gasteiger partial charge is 0.234 e. The SMILES string of the molecule is Cc1c(C)c([C]=O)c([C]=O)c(C)c1[C]=O. The summed E-state index contributed by atoms with van der Waals surface area (Å²) in [6, 6.07) is 0. The maximum atomic E-state index is 10.7. The van der Waals surface area contributed by atoms with Gasteiger partial charge in [0, 0.05) is 16.7 Å². The Morgan fingerprint density at radius 2 is 0.933 bits per heavy atom. The lowest BCUT2D eigenvalue weighted by atomic mass is 9.90. The fourth-order valence-corrected chi connectivity index (χ4v) is 1.56. The molecule has 3 radical (unpaired) electrons. The van der Waals surface area contributed by atoms with Crippen LogP contribution in [0.3, 0.4) is 0 Å². The number of hydrogen-bond donors (Lipinski definition) is 0. The number of benzene rings is 1. The third-order valence-corrected chi connectivity index (χ3v) is 2.62. The van der Waals surface area contributed by atoms with Crippen molar-refractivity contribution in [1.29, 1.82) is 0 Å². The van der Waals surface area contributed by atoms with Gasteiger partial charge in [-0.3, -0.25) is 14.4 Å². The van der Waals surface area contributed by atoms with Crippen LogP contribution in [0.5, 0.6) is 0 Å². The highest BCUT2D eigenvalue weighted by atomic mass is 16.1. The molecular weight excluding hydrogens is 192 g/mol. The third kappa shape index (κ3) is 1.61. The Morgan fingerprint density at radius 3 is 1.33 bits per heavy atom. The Kier molecular flexibility index (Phi) is 3.14. The average molecular weight is 201 g/mol. The van der Waals surface area contributed by atoms with Crippen LogP contribution in [0.4, 0.5) is 0 Å². The molecule has 1 aromatic rings. The molecule has 0 aliphatic carbocycles. The molecule has 0 heterocycles. The van der Waals surface area contributed by atoms with Crippen LogP contribution in [-0.4, -0.2) is 18.9 Å². The fraction of sp³-hybridized carbons (Fsp3) is 0.250. The molecule has 0 N–H and O–H groups in total. The van der Waals surface area contributed by atoms with Gasteiger partial charge in [-0.1, -0.05) is 0 Å². The van der Waals surface area contributed by atoms with Gasteiger partial charge in [0.05, 0.1) is 0 Å². The molecule has 0 spiro atoms. The Balaban J connectivity index is 3.80. The lowest BCUT2D eigenvalue weighted by Gasteiger charge is -2.11. The molecule has 0 saturated carbocycles. The lowest BCUT2D eigenvalue weighted by molar-refractivity contribution is 0.557. The average Bonchev–Trinajstić information content (AvgIpc) is 2.23. The van der Waals surface area contributed by atoms with Gasteiger partial charge in [-0.2, -0.15) is 0 Å². The second-order valence-corrected chi connectivity index (χ2v) is 3.31. The van der Waals surface area contributed by atoms with E-state index in [0.29, 0.717) is 22.3 Å². The Morgan fingerprint density at radius 1 is 0.600 bits per heavy atom. The first-order chi connectivity index (χ1) is 7.08. The van der Waals surface area contributed by atoms with Gasteiger partial charge in [0.25, 0.3) is 0 Å². The van der Waals surface area contributed by atoms with E-state index < -0.39 is 0 Å². The fourth-order valence-electron chi connectivity index (χ4n) is 1.56. The molecule has 0 bridgehead atoms. The quantitative estimate of drug-likeness (QED) is 0.732. The Hall–Kier alpha value is -1.77. The molecule has 0 aromatic heterocycles. The number of hydrogen-bond acceptors (Lipinski definition) is 3. The van der Waals surface area contributed by atoms with Crippen molar-refractivity contribution < 1.29 is 14.4 Å². The monoisotopic (exact) mass is 201 g/mol. The van der Waals surface area contributed by atoms with Crippen LogP contribution in [0, 0.1) is 20.8 Å².